The van der Waals surface area contributed by atoms with Gasteiger partial charge in [0, 0.05) is 41.3 Å². The maximum absolute atomic E-state index is 13.6. The molecule has 156 valence electrons. The molecule has 1 aliphatic heterocycles. The summed E-state index contributed by atoms with van der Waals surface area (Å²) in [6, 6.07) is 9.93. The number of aromatic amines is 1. The van der Waals surface area contributed by atoms with Crippen LogP contribution in [0.2, 0.25) is 0 Å². The highest BCUT2D eigenvalue weighted by Crippen LogP contribution is 2.24. The number of H-pyrrole nitrogens is 1. The molecule has 30 heavy (non-hydrogen) atoms. The van der Waals surface area contributed by atoms with Gasteiger partial charge < -0.3 is 15.2 Å². The van der Waals surface area contributed by atoms with Crippen molar-refractivity contribution >= 4 is 22.7 Å². The Morgan fingerprint density at radius 3 is 2.43 bits per heavy atom. The third kappa shape index (κ3) is 4.20. The molecule has 0 unspecified atom stereocenters. The number of nitrogens with zero attached hydrogens (tertiary/aromatic N) is 1. The zero-order valence-corrected chi connectivity index (χ0v) is 16.7. The second-order valence-electron chi connectivity index (χ2n) is 7.73. The molecule has 2 heterocycles. The van der Waals surface area contributed by atoms with Gasteiger partial charge in [0.05, 0.1) is 6.42 Å². The Hall–Kier alpha value is -3.22. The second kappa shape index (κ2) is 8.26. The van der Waals surface area contributed by atoms with E-state index in [-0.39, 0.29) is 35.9 Å². The lowest BCUT2D eigenvalue weighted by molar-refractivity contribution is -0.131. The van der Waals surface area contributed by atoms with E-state index in [4.69, 9.17) is 0 Å². The fourth-order valence-electron chi connectivity index (χ4n) is 3.99. The minimum Gasteiger partial charge on any atom is -0.358 e. The molecule has 0 bridgehead atoms. The third-order valence-electron chi connectivity index (χ3n) is 5.70. The molecular weight excluding hydrogens is 388 g/mol. The molecule has 0 aliphatic carbocycles. The van der Waals surface area contributed by atoms with Gasteiger partial charge in [0.25, 0.3) is 5.91 Å². The summed E-state index contributed by atoms with van der Waals surface area (Å²) in [6.45, 7) is 2.98. The average Bonchev–Trinajstić information content (AvgIpc) is 3.03. The highest BCUT2D eigenvalue weighted by atomic mass is 19.1. The number of nitrogens with one attached hydrogen (secondary N) is 2. The first kappa shape index (κ1) is 20.1. The van der Waals surface area contributed by atoms with Gasteiger partial charge in [0.2, 0.25) is 5.91 Å². The van der Waals surface area contributed by atoms with E-state index in [9.17, 15) is 18.4 Å². The SMILES string of the molecule is Cc1[nH]c2ccc(F)cc2c1CC(=O)N1CCC(NC(=O)c2ccc(F)cc2)CC1. The van der Waals surface area contributed by atoms with E-state index in [2.05, 4.69) is 10.3 Å². The van der Waals surface area contributed by atoms with Crippen LogP contribution < -0.4 is 5.32 Å². The molecule has 0 spiro atoms. The number of benzene rings is 2. The lowest BCUT2D eigenvalue weighted by Gasteiger charge is -2.32. The average molecular weight is 411 g/mol. The first-order valence-electron chi connectivity index (χ1n) is 10.0. The molecule has 7 heteroatoms. The van der Waals surface area contributed by atoms with Crippen LogP contribution in [0.3, 0.4) is 0 Å². The van der Waals surface area contributed by atoms with Crippen LogP contribution in [-0.2, 0) is 11.2 Å². The number of aryl methyl sites for hydroxylation is 1. The van der Waals surface area contributed by atoms with Crippen LogP contribution in [0.5, 0.6) is 0 Å². The summed E-state index contributed by atoms with van der Waals surface area (Å²) in [7, 11) is 0. The smallest absolute Gasteiger partial charge is 0.251 e. The summed E-state index contributed by atoms with van der Waals surface area (Å²) in [5.74, 6) is -0.956. The minimum atomic E-state index is -0.383. The predicted octanol–water partition coefficient (Wildman–Crippen LogP) is 3.72. The monoisotopic (exact) mass is 411 g/mol. The fraction of sp³-hybridized carbons (Fsp3) is 0.304. The molecule has 2 N–H and O–H groups in total. The van der Waals surface area contributed by atoms with Crippen molar-refractivity contribution in [1.82, 2.24) is 15.2 Å². The molecule has 1 aromatic heterocycles. The molecule has 4 rings (SSSR count). The van der Waals surface area contributed by atoms with Crippen molar-refractivity contribution in [2.45, 2.75) is 32.2 Å². The third-order valence-corrected chi connectivity index (χ3v) is 5.70. The van der Waals surface area contributed by atoms with Gasteiger partial charge in [-0.1, -0.05) is 0 Å². The van der Waals surface area contributed by atoms with E-state index < -0.39 is 0 Å². The second-order valence-corrected chi connectivity index (χ2v) is 7.73. The van der Waals surface area contributed by atoms with Crippen LogP contribution >= 0.6 is 0 Å². The van der Waals surface area contributed by atoms with Gasteiger partial charge in [-0.05, 0) is 67.8 Å². The topological polar surface area (TPSA) is 65.2 Å². The van der Waals surface area contributed by atoms with Gasteiger partial charge in [-0.2, -0.15) is 0 Å². The zero-order valence-electron chi connectivity index (χ0n) is 16.7. The summed E-state index contributed by atoms with van der Waals surface area (Å²) < 4.78 is 26.6. The number of piperidine rings is 1. The number of carbonyl (C=O) groups excluding carboxylic acids is 2. The van der Waals surface area contributed by atoms with Crippen molar-refractivity contribution in [1.29, 1.82) is 0 Å². The first-order chi connectivity index (χ1) is 14.4. The molecule has 0 atom stereocenters. The standard InChI is InChI=1S/C23H23F2N3O2/c1-14-19(20-12-17(25)6-7-21(20)26-14)13-22(29)28-10-8-18(9-11-28)27-23(30)15-2-4-16(24)5-3-15/h2-7,12,18,26H,8-11,13H2,1H3,(H,27,30). The van der Waals surface area contributed by atoms with Gasteiger partial charge in [-0.25, -0.2) is 8.78 Å². The highest BCUT2D eigenvalue weighted by Gasteiger charge is 2.25. The summed E-state index contributed by atoms with van der Waals surface area (Å²) in [5.41, 5.74) is 2.92. The quantitative estimate of drug-likeness (QED) is 0.687. The van der Waals surface area contributed by atoms with Crippen LogP contribution in [0.4, 0.5) is 8.78 Å². The van der Waals surface area contributed by atoms with Crippen LogP contribution in [-0.4, -0.2) is 40.8 Å². The predicted molar refractivity (Wildman–Crippen MR) is 110 cm³/mol. The zero-order chi connectivity index (χ0) is 21.3. The van der Waals surface area contributed by atoms with E-state index >= 15 is 0 Å². The summed E-state index contributed by atoms with van der Waals surface area (Å²) in [4.78, 5) is 30.1. The molecule has 2 amide bonds. The number of halogens is 2. The maximum atomic E-state index is 13.6. The molecular formula is C23H23F2N3O2. The summed E-state index contributed by atoms with van der Waals surface area (Å²) >= 11 is 0. The van der Waals surface area contributed by atoms with Gasteiger partial charge in [0.1, 0.15) is 11.6 Å². The minimum absolute atomic E-state index is 0.00780. The van der Waals surface area contributed by atoms with Crippen LogP contribution in [0.25, 0.3) is 10.9 Å². The molecule has 1 saturated heterocycles. The van der Waals surface area contributed by atoms with E-state index in [0.717, 1.165) is 22.2 Å². The number of hydrogen-bond acceptors (Lipinski definition) is 2. The molecule has 0 radical (unpaired) electrons. The molecule has 1 fully saturated rings. The van der Waals surface area contributed by atoms with Crippen molar-refractivity contribution < 1.29 is 18.4 Å². The number of carbonyl (C=O) groups is 2. The van der Waals surface area contributed by atoms with E-state index in [1.54, 1.807) is 11.0 Å². The van der Waals surface area contributed by atoms with Crippen molar-refractivity contribution in [2.75, 3.05) is 13.1 Å². The Bertz CT molecular complexity index is 1080. The number of fused-ring (bicyclic) bond motifs is 1. The van der Waals surface area contributed by atoms with Gasteiger partial charge in [0.15, 0.2) is 0 Å². The van der Waals surface area contributed by atoms with Crippen molar-refractivity contribution in [3.05, 3.63) is 70.9 Å². The van der Waals surface area contributed by atoms with E-state index in [1.807, 2.05) is 6.92 Å². The Balaban J connectivity index is 1.35. The fourth-order valence-corrected chi connectivity index (χ4v) is 3.99. The maximum Gasteiger partial charge on any atom is 0.251 e. The number of amides is 2. The number of aromatic nitrogens is 1. The summed E-state index contributed by atoms with van der Waals surface area (Å²) in [5, 5.41) is 3.69. The molecule has 1 aliphatic rings. The van der Waals surface area contributed by atoms with Crippen molar-refractivity contribution in [2.24, 2.45) is 0 Å². The van der Waals surface area contributed by atoms with Crippen LogP contribution in [0.15, 0.2) is 42.5 Å². The van der Waals surface area contributed by atoms with Crippen molar-refractivity contribution in [3.8, 4) is 0 Å². The van der Waals surface area contributed by atoms with Gasteiger partial charge >= 0.3 is 0 Å². The Morgan fingerprint density at radius 1 is 1.07 bits per heavy atom. The lowest BCUT2D eigenvalue weighted by Crippen LogP contribution is -2.47. The highest BCUT2D eigenvalue weighted by molar-refractivity contribution is 5.94. The van der Waals surface area contributed by atoms with Crippen LogP contribution in [0, 0.1) is 18.6 Å². The normalized spacial score (nSPS) is 14.8. The first-order valence-corrected chi connectivity index (χ1v) is 10.0. The number of likely N-dealkylation sites (tertiary alicyclic amines) is 1. The van der Waals surface area contributed by atoms with Crippen molar-refractivity contribution in [3.63, 3.8) is 0 Å². The van der Waals surface area contributed by atoms with Crippen LogP contribution in [0.1, 0.15) is 34.5 Å². The Labute approximate surface area is 173 Å². The van der Waals surface area contributed by atoms with Gasteiger partial charge in [-0.15, -0.1) is 0 Å². The largest absolute Gasteiger partial charge is 0.358 e. The Kier molecular flexibility index (Phi) is 5.53. The van der Waals surface area contributed by atoms with E-state index in [1.165, 1.54) is 36.4 Å². The molecule has 2 aromatic carbocycles. The number of rotatable bonds is 4. The van der Waals surface area contributed by atoms with Gasteiger partial charge in [-0.3, -0.25) is 9.59 Å². The van der Waals surface area contributed by atoms with E-state index in [0.29, 0.717) is 31.5 Å². The Morgan fingerprint density at radius 2 is 1.73 bits per heavy atom. The lowest BCUT2D eigenvalue weighted by atomic mass is 10.0. The summed E-state index contributed by atoms with van der Waals surface area (Å²) in [6.07, 6.45) is 1.52. The number of hydrogen-bond donors (Lipinski definition) is 2. The molecule has 3 aromatic rings. The molecule has 0 saturated carbocycles. The molecule has 5 nitrogen and oxygen atoms in total.